The van der Waals surface area contributed by atoms with Crippen LogP contribution < -0.4 is 5.73 Å². The number of hydrogen-bond acceptors (Lipinski definition) is 5. The molecule has 0 unspecified atom stereocenters. The lowest BCUT2D eigenvalue weighted by Gasteiger charge is -2.13. The maximum Gasteiger partial charge on any atom is 0.274 e. The van der Waals surface area contributed by atoms with Gasteiger partial charge in [0, 0.05) is 37.5 Å². The van der Waals surface area contributed by atoms with Gasteiger partial charge in [0.05, 0.1) is 10.6 Å². The minimum atomic E-state index is -0.460. The summed E-state index contributed by atoms with van der Waals surface area (Å²) in [5, 5.41) is 14.9. The van der Waals surface area contributed by atoms with Crippen LogP contribution in [0.5, 0.6) is 0 Å². The van der Waals surface area contributed by atoms with Gasteiger partial charge >= 0.3 is 0 Å². The lowest BCUT2D eigenvalue weighted by atomic mass is 10.3. The van der Waals surface area contributed by atoms with Crippen LogP contribution in [0.3, 0.4) is 0 Å². The number of halogens is 1. The number of nitro groups is 1. The Hall–Kier alpha value is -2.45. The summed E-state index contributed by atoms with van der Waals surface area (Å²) in [4.78, 5) is 24.2. The molecule has 1 aromatic carbocycles. The molecule has 23 heavy (non-hydrogen) atoms. The summed E-state index contributed by atoms with van der Waals surface area (Å²) in [6.07, 6.45) is 2.46. The van der Waals surface area contributed by atoms with Crippen molar-refractivity contribution in [3.63, 3.8) is 0 Å². The Morgan fingerprint density at radius 1 is 1.30 bits per heavy atom. The summed E-state index contributed by atoms with van der Waals surface area (Å²) in [6, 6.07) is 7.64. The van der Waals surface area contributed by atoms with E-state index in [-0.39, 0.29) is 30.0 Å². The molecular formula is C14H16ClN5O3. The number of benzene rings is 1. The molecule has 0 spiro atoms. The Morgan fingerprint density at radius 3 is 2.57 bits per heavy atom. The first-order valence-corrected chi connectivity index (χ1v) is 6.90. The Bertz CT molecular complexity index is 715. The van der Waals surface area contributed by atoms with Crippen LogP contribution in [-0.4, -0.2) is 44.6 Å². The van der Waals surface area contributed by atoms with Crippen LogP contribution in [-0.2, 0) is 0 Å². The molecule has 0 aliphatic carbocycles. The SMILES string of the molecule is Cl.N[C@@H]1CCN(C(=O)c2ccn(-c3ccc([N+](=O)[O-])cc3)n2)C1. The minimum absolute atomic E-state index is 0. The summed E-state index contributed by atoms with van der Waals surface area (Å²) < 4.78 is 1.52. The van der Waals surface area contributed by atoms with E-state index >= 15 is 0 Å². The van der Waals surface area contributed by atoms with Crippen molar-refractivity contribution in [2.75, 3.05) is 13.1 Å². The Kier molecular flexibility index (Phi) is 4.97. The molecule has 2 heterocycles. The molecule has 1 aliphatic rings. The Labute approximate surface area is 138 Å². The van der Waals surface area contributed by atoms with Crippen LogP contribution in [0.2, 0.25) is 0 Å². The Morgan fingerprint density at radius 2 is 2.00 bits per heavy atom. The van der Waals surface area contributed by atoms with E-state index in [1.165, 1.54) is 16.8 Å². The van der Waals surface area contributed by atoms with Crippen LogP contribution in [0.15, 0.2) is 36.5 Å². The molecule has 0 bridgehead atoms. The number of carbonyl (C=O) groups is 1. The zero-order valence-corrected chi connectivity index (χ0v) is 13.0. The minimum Gasteiger partial charge on any atom is -0.336 e. The number of non-ortho nitro benzene ring substituents is 1. The van der Waals surface area contributed by atoms with Crippen molar-refractivity contribution in [2.45, 2.75) is 12.5 Å². The number of aromatic nitrogens is 2. The van der Waals surface area contributed by atoms with Gasteiger partial charge in [-0.05, 0) is 24.6 Å². The second-order valence-electron chi connectivity index (χ2n) is 5.22. The summed E-state index contributed by atoms with van der Waals surface area (Å²) in [5.74, 6) is -0.145. The van der Waals surface area contributed by atoms with Crippen molar-refractivity contribution in [3.8, 4) is 5.69 Å². The van der Waals surface area contributed by atoms with Gasteiger partial charge in [0.15, 0.2) is 5.69 Å². The summed E-state index contributed by atoms with van der Waals surface area (Å²) in [5.41, 5.74) is 6.81. The lowest BCUT2D eigenvalue weighted by molar-refractivity contribution is -0.384. The molecular weight excluding hydrogens is 322 g/mol. The zero-order valence-electron chi connectivity index (χ0n) is 12.2. The molecule has 1 aliphatic heterocycles. The van der Waals surface area contributed by atoms with E-state index in [4.69, 9.17) is 5.73 Å². The predicted molar refractivity (Wildman–Crippen MR) is 86.0 cm³/mol. The van der Waals surface area contributed by atoms with E-state index in [1.807, 2.05) is 0 Å². The average molecular weight is 338 g/mol. The monoisotopic (exact) mass is 337 g/mol. The number of amides is 1. The maximum absolute atomic E-state index is 12.3. The first-order valence-electron chi connectivity index (χ1n) is 6.90. The molecule has 0 radical (unpaired) electrons. The molecule has 1 aromatic heterocycles. The highest BCUT2D eigenvalue weighted by molar-refractivity contribution is 5.92. The van der Waals surface area contributed by atoms with E-state index in [9.17, 15) is 14.9 Å². The van der Waals surface area contributed by atoms with Gasteiger partial charge in [0.1, 0.15) is 0 Å². The molecule has 9 heteroatoms. The number of likely N-dealkylation sites (tertiary alicyclic amines) is 1. The lowest BCUT2D eigenvalue weighted by Crippen LogP contribution is -2.32. The molecule has 1 amide bonds. The fourth-order valence-electron chi connectivity index (χ4n) is 2.44. The number of nitrogens with two attached hydrogens (primary N) is 1. The second kappa shape index (κ2) is 6.76. The van der Waals surface area contributed by atoms with Crippen LogP contribution in [0.4, 0.5) is 5.69 Å². The van der Waals surface area contributed by atoms with Crippen molar-refractivity contribution in [1.29, 1.82) is 0 Å². The van der Waals surface area contributed by atoms with E-state index < -0.39 is 4.92 Å². The molecule has 8 nitrogen and oxygen atoms in total. The van der Waals surface area contributed by atoms with E-state index in [2.05, 4.69) is 5.10 Å². The molecule has 3 rings (SSSR count). The summed E-state index contributed by atoms with van der Waals surface area (Å²) >= 11 is 0. The van der Waals surface area contributed by atoms with Gasteiger partial charge in [0.2, 0.25) is 0 Å². The Balaban J connectivity index is 0.00000192. The predicted octanol–water partition coefficient (Wildman–Crippen LogP) is 1.38. The summed E-state index contributed by atoms with van der Waals surface area (Å²) in [6.45, 7) is 1.19. The third-order valence-corrected chi connectivity index (χ3v) is 3.65. The van der Waals surface area contributed by atoms with Crippen molar-refractivity contribution in [2.24, 2.45) is 5.73 Å². The van der Waals surface area contributed by atoms with Gasteiger partial charge in [-0.2, -0.15) is 5.10 Å². The fraction of sp³-hybridized carbons (Fsp3) is 0.286. The first kappa shape index (κ1) is 16.9. The van der Waals surface area contributed by atoms with Crippen LogP contribution in [0.25, 0.3) is 5.69 Å². The van der Waals surface area contributed by atoms with Gasteiger partial charge in [-0.15, -0.1) is 12.4 Å². The van der Waals surface area contributed by atoms with Gasteiger partial charge < -0.3 is 10.6 Å². The highest BCUT2D eigenvalue weighted by Crippen LogP contribution is 2.16. The topological polar surface area (TPSA) is 107 Å². The van der Waals surface area contributed by atoms with Gasteiger partial charge in [0.25, 0.3) is 11.6 Å². The molecule has 0 saturated carbocycles. The van der Waals surface area contributed by atoms with Crippen LogP contribution >= 0.6 is 12.4 Å². The number of carbonyl (C=O) groups excluding carboxylic acids is 1. The number of nitrogens with zero attached hydrogens (tertiary/aromatic N) is 4. The van der Waals surface area contributed by atoms with Gasteiger partial charge in [-0.3, -0.25) is 14.9 Å². The van der Waals surface area contributed by atoms with Crippen molar-refractivity contribution in [1.82, 2.24) is 14.7 Å². The fourth-order valence-corrected chi connectivity index (χ4v) is 2.44. The highest BCUT2D eigenvalue weighted by Gasteiger charge is 2.25. The smallest absolute Gasteiger partial charge is 0.274 e. The molecule has 2 N–H and O–H groups in total. The number of hydrogen-bond donors (Lipinski definition) is 1. The average Bonchev–Trinajstić information content (AvgIpc) is 3.15. The third-order valence-electron chi connectivity index (χ3n) is 3.65. The van der Waals surface area contributed by atoms with Crippen molar-refractivity contribution >= 4 is 24.0 Å². The quantitative estimate of drug-likeness (QED) is 0.672. The number of nitro benzene ring substituents is 1. The molecule has 1 saturated heterocycles. The van der Waals surface area contributed by atoms with E-state index in [1.54, 1.807) is 29.3 Å². The van der Waals surface area contributed by atoms with Crippen molar-refractivity contribution in [3.05, 3.63) is 52.3 Å². The maximum atomic E-state index is 12.3. The second-order valence-corrected chi connectivity index (χ2v) is 5.22. The normalized spacial score (nSPS) is 16.9. The standard InChI is InChI=1S/C14H15N5O3.ClH/c15-10-5-7-17(9-10)14(20)13-6-8-18(16-13)11-1-3-12(4-2-11)19(21)22;/h1-4,6,8,10H,5,7,9,15H2;1H/t10-;/m1./s1. The molecule has 1 fully saturated rings. The zero-order chi connectivity index (χ0) is 15.7. The molecule has 2 aromatic rings. The van der Waals surface area contributed by atoms with E-state index in [0.717, 1.165) is 6.42 Å². The van der Waals surface area contributed by atoms with Gasteiger partial charge in [-0.1, -0.05) is 0 Å². The van der Waals surface area contributed by atoms with Crippen LogP contribution in [0.1, 0.15) is 16.9 Å². The largest absolute Gasteiger partial charge is 0.336 e. The van der Waals surface area contributed by atoms with Crippen molar-refractivity contribution < 1.29 is 9.72 Å². The first-order chi connectivity index (χ1) is 10.5. The van der Waals surface area contributed by atoms with Crippen LogP contribution in [0, 0.1) is 10.1 Å². The van der Waals surface area contributed by atoms with E-state index in [0.29, 0.717) is 24.5 Å². The number of rotatable bonds is 3. The third kappa shape index (κ3) is 3.49. The highest BCUT2D eigenvalue weighted by atomic mass is 35.5. The summed E-state index contributed by atoms with van der Waals surface area (Å²) in [7, 11) is 0. The molecule has 1 atom stereocenters. The molecule has 122 valence electrons. The van der Waals surface area contributed by atoms with Gasteiger partial charge in [-0.25, -0.2) is 4.68 Å².